The molecule has 0 aromatic carbocycles. The van der Waals surface area contributed by atoms with Gasteiger partial charge in [0.15, 0.2) is 0 Å². The summed E-state index contributed by atoms with van der Waals surface area (Å²) in [6, 6.07) is 5.46. The highest BCUT2D eigenvalue weighted by molar-refractivity contribution is 7.09. The van der Waals surface area contributed by atoms with Crippen LogP contribution in [0.3, 0.4) is 0 Å². The summed E-state index contributed by atoms with van der Waals surface area (Å²) in [5.74, 6) is 0. The maximum atomic E-state index is 5.60. The lowest BCUT2D eigenvalue weighted by Crippen LogP contribution is -2.21. The monoisotopic (exact) mass is 214 g/mol. The third-order valence-corrected chi connectivity index (χ3v) is 4.37. The van der Waals surface area contributed by atoms with E-state index in [0.29, 0.717) is 0 Å². The second-order valence-corrected chi connectivity index (χ2v) is 11.1. The van der Waals surface area contributed by atoms with Crippen molar-refractivity contribution in [2.75, 3.05) is 6.61 Å². The van der Waals surface area contributed by atoms with E-state index in [-0.39, 0.29) is 0 Å². The van der Waals surface area contributed by atoms with E-state index in [0.717, 1.165) is 13.2 Å². The molecular weight excluding hydrogens is 196 g/mol. The second kappa shape index (κ2) is 4.93. The maximum absolute atomic E-state index is 5.60. The smallest absolute Gasteiger partial charge is 0.0809 e. The minimum absolute atomic E-state index is 0.794. The number of ether oxygens (including phenoxy) is 1. The first-order chi connectivity index (χ1) is 6.08. The van der Waals surface area contributed by atoms with Crippen molar-refractivity contribution in [1.29, 1.82) is 0 Å². The van der Waals surface area contributed by atoms with Gasteiger partial charge in [-0.1, -0.05) is 25.7 Å². The van der Waals surface area contributed by atoms with E-state index in [9.17, 15) is 0 Å². The van der Waals surface area contributed by atoms with Gasteiger partial charge in [0.2, 0.25) is 0 Å². The predicted molar refractivity (Wildman–Crippen MR) is 62.1 cm³/mol. The van der Waals surface area contributed by atoms with Crippen molar-refractivity contribution < 1.29 is 4.74 Å². The van der Waals surface area contributed by atoms with Crippen LogP contribution in [0.2, 0.25) is 25.7 Å². The Labute approximate surface area is 85.8 Å². The quantitative estimate of drug-likeness (QED) is 0.537. The Morgan fingerprint density at radius 3 is 2.69 bits per heavy atom. The van der Waals surface area contributed by atoms with Crippen LogP contribution in [-0.2, 0) is 11.3 Å². The molecule has 74 valence electrons. The average molecular weight is 214 g/mol. The molecule has 1 rings (SSSR count). The zero-order valence-electron chi connectivity index (χ0n) is 8.67. The van der Waals surface area contributed by atoms with E-state index >= 15 is 0 Å². The Kier molecular flexibility index (Phi) is 4.16. The number of hydrogen-bond donors (Lipinski definition) is 0. The van der Waals surface area contributed by atoms with Crippen LogP contribution < -0.4 is 0 Å². The molecule has 0 saturated heterocycles. The average Bonchev–Trinajstić information content (AvgIpc) is 2.48. The Hall–Kier alpha value is -0.123. The zero-order valence-corrected chi connectivity index (χ0v) is 10.5. The summed E-state index contributed by atoms with van der Waals surface area (Å²) in [6.07, 6.45) is 0. The van der Waals surface area contributed by atoms with Gasteiger partial charge in [-0.2, -0.15) is 0 Å². The highest BCUT2D eigenvalue weighted by atomic mass is 32.1. The summed E-state index contributed by atoms with van der Waals surface area (Å²) in [4.78, 5) is 1.33. The molecule has 1 aromatic heterocycles. The Bertz CT molecular complexity index is 226. The van der Waals surface area contributed by atoms with Crippen LogP contribution in [0.25, 0.3) is 0 Å². The molecule has 1 nitrogen and oxygen atoms in total. The molecule has 0 radical (unpaired) electrons. The molecular formula is C10H18OSSi. The predicted octanol–water partition coefficient (Wildman–Crippen LogP) is 3.60. The lowest BCUT2D eigenvalue weighted by atomic mass is 10.5. The van der Waals surface area contributed by atoms with Gasteiger partial charge < -0.3 is 4.74 Å². The minimum atomic E-state index is -0.901. The Morgan fingerprint density at radius 1 is 1.38 bits per heavy atom. The van der Waals surface area contributed by atoms with Gasteiger partial charge in [-0.3, -0.25) is 0 Å². The van der Waals surface area contributed by atoms with Gasteiger partial charge in [0.1, 0.15) is 0 Å². The Morgan fingerprint density at radius 2 is 2.15 bits per heavy atom. The van der Waals surface area contributed by atoms with Crippen LogP contribution in [0.5, 0.6) is 0 Å². The highest BCUT2D eigenvalue weighted by Gasteiger charge is 2.11. The molecule has 0 spiro atoms. The molecule has 13 heavy (non-hydrogen) atoms. The molecule has 0 amide bonds. The van der Waals surface area contributed by atoms with Crippen molar-refractivity contribution in [3.05, 3.63) is 22.4 Å². The van der Waals surface area contributed by atoms with E-state index in [1.165, 1.54) is 10.9 Å². The van der Waals surface area contributed by atoms with Crippen LogP contribution in [-0.4, -0.2) is 14.7 Å². The van der Waals surface area contributed by atoms with E-state index in [1.54, 1.807) is 11.3 Å². The van der Waals surface area contributed by atoms with E-state index in [1.807, 2.05) is 0 Å². The van der Waals surface area contributed by atoms with Crippen molar-refractivity contribution >= 4 is 19.4 Å². The highest BCUT2D eigenvalue weighted by Crippen LogP contribution is 2.12. The van der Waals surface area contributed by atoms with Gasteiger partial charge >= 0.3 is 0 Å². The fraction of sp³-hybridized carbons (Fsp3) is 0.600. The molecule has 0 aliphatic rings. The number of thiophene rings is 1. The van der Waals surface area contributed by atoms with Gasteiger partial charge in [-0.05, 0) is 17.5 Å². The molecule has 3 heteroatoms. The van der Waals surface area contributed by atoms with Crippen LogP contribution >= 0.6 is 11.3 Å². The standard InChI is InChI=1S/C10H18OSSi/c1-13(2,3)8-6-11-9-10-5-4-7-12-10/h4-5,7H,6,8-9H2,1-3H3. The SMILES string of the molecule is C[Si](C)(C)CCOCc1cccs1. The second-order valence-electron chi connectivity index (χ2n) is 4.44. The summed E-state index contributed by atoms with van der Waals surface area (Å²) in [7, 11) is -0.901. The molecule has 1 heterocycles. The summed E-state index contributed by atoms with van der Waals surface area (Å²) in [5, 5.41) is 2.09. The van der Waals surface area contributed by atoms with Crippen LogP contribution in [0, 0.1) is 0 Å². The molecule has 0 N–H and O–H groups in total. The van der Waals surface area contributed by atoms with Gasteiger partial charge in [0, 0.05) is 19.6 Å². The molecule has 0 aliphatic carbocycles. The largest absolute Gasteiger partial charge is 0.376 e. The fourth-order valence-electron chi connectivity index (χ4n) is 0.946. The van der Waals surface area contributed by atoms with E-state index < -0.39 is 8.07 Å². The molecule has 0 unspecified atom stereocenters. The summed E-state index contributed by atoms with van der Waals surface area (Å²) in [6.45, 7) is 8.85. The Balaban J connectivity index is 2.09. The summed E-state index contributed by atoms with van der Waals surface area (Å²) < 4.78 is 5.60. The fourth-order valence-corrected chi connectivity index (χ4v) is 2.34. The molecule has 0 fully saturated rings. The first-order valence-electron chi connectivity index (χ1n) is 4.68. The van der Waals surface area contributed by atoms with Gasteiger partial charge in [-0.15, -0.1) is 11.3 Å². The molecule has 0 bridgehead atoms. The number of hydrogen-bond acceptors (Lipinski definition) is 2. The van der Waals surface area contributed by atoms with Crippen LogP contribution in [0.4, 0.5) is 0 Å². The molecule has 0 atom stereocenters. The first-order valence-corrected chi connectivity index (χ1v) is 9.27. The van der Waals surface area contributed by atoms with Gasteiger partial charge in [0.25, 0.3) is 0 Å². The minimum Gasteiger partial charge on any atom is -0.376 e. The third-order valence-electron chi connectivity index (χ3n) is 1.82. The summed E-state index contributed by atoms with van der Waals surface area (Å²) >= 11 is 1.77. The summed E-state index contributed by atoms with van der Waals surface area (Å²) in [5.41, 5.74) is 0. The molecule has 1 aromatic rings. The first kappa shape index (κ1) is 11.0. The lowest BCUT2D eigenvalue weighted by molar-refractivity contribution is 0.135. The topological polar surface area (TPSA) is 9.23 Å². The zero-order chi connectivity index (χ0) is 9.73. The van der Waals surface area contributed by atoms with E-state index in [2.05, 4.69) is 37.2 Å². The van der Waals surface area contributed by atoms with Crippen LogP contribution in [0.1, 0.15) is 4.88 Å². The molecule has 0 aliphatic heterocycles. The van der Waals surface area contributed by atoms with Crippen LogP contribution in [0.15, 0.2) is 17.5 Å². The van der Waals surface area contributed by atoms with Crippen molar-refractivity contribution in [3.63, 3.8) is 0 Å². The molecule has 0 saturated carbocycles. The lowest BCUT2D eigenvalue weighted by Gasteiger charge is -2.14. The van der Waals surface area contributed by atoms with Crippen molar-refractivity contribution in [3.8, 4) is 0 Å². The van der Waals surface area contributed by atoms with Crippen molar-refractivity contribution in [2.24, 2.45) is 0 Å². The van der Waals surface area contributed by atoms with Crippen molar-refractivity contribution in [2.45, 2.75) is 32.3 Å². The van der Waals surface area contributed by atoms with Gasteiger partial charge in [0.05, 0.1) is 6.61 Å². The van der Waals surface area contributed by atoms with E-state index in [4.69, 9.17) is 4.74 Å². The third kappa shape index (κ3) is 5.24. The number of rotatable bonds is 5. The van der Waals surface area contributed by atoms with Crippen molar-refractivity contribution in [1.82, 2.24) is 0 Å². The van der Waals surface area contributed by atoms with Gasteiger partial charge in [-0.25, -0.2) is 0 Å². The normalized spacial score (nSPS) is 11.9. The maximum Gasteiger partial charge on any atom is 0.0809 e.